The van der Waals surface area contributed by atoms with Crippen LogP contribution < -0.4 is 4.72 Å². The van der Waals surface area contributed by atoms with Crippen molar-refractivity contribution in [2.24, 2.45) is 0 Å². The van der Waals surface area contributed by atoms with Crippen molar-refractivity contribution in [2.75, 3.05) is 13.1 Å². The lowest BCUT2D eigenvalue weighted by Gasteiger charge is -2.41. The molecule has 4 nitrogen and oxygen atoms in total. The predicted molar refractivity (Wildman–Crippen MR) is 101 cm³/mol. The first-order chi connectivity index (χ1) is 11.8. The Hall–Kier alpha value is -1.40. The van der Waals surface area contributed by atoms with Gasteiger partial charge in [-0.2, -0.15) is 0 Å². The van der Waals surface area contributed by atoms with E-state index in [2.05, 4.69) is 47.7 Å². The Morgan fingerprint density at radius 1 is 1.08 bits per heavy atom. The third-order valence-corrected chi connectivity index (χ3v) is 6.47. The van der Waals surface area contributed by atoms with Crippen molar-refractivity contribution >= 4 is 21.6 Å². The molecule has 0 amide bonds. The van der Waals surface area contributed by atoms with Crippen molar-refractivity contribution in [3.8, 4) is 0 Å². The molecule has 0 aliphatic carbocycles. The summed E-state index contributed by atoms with van der Waals surface area (Å²) in [6.07, 6.45) is 0.990. The molecule has 6 heteroatoms. The van der Waals surface area contributed by atoms with Gasteiger partial charge < -0.3 is 0 Å². The minimum absolute atomic E-state index is 0.233. The van der Waals surface area contributed by atoms with E-state index in [1.807, 2.05) is 0 Å². The van der Waals surface area contributed by atoms with Crippen molar-refractivity contribution < 1.29 is 8.42 Å². The van der Waals surface area contributed by atoms with Gasteiger partial charge in [0.25, 0.3) is 0 Å². The molecule has 0 unspecified atom stereocenters. The van der Waals surface area contributed by atoms with E-state index in [0.717, 1.165) is 19.5 Å². The predicted octanol–water partition coefficient (Wildman–Crippen LogP) is 3.46. The fourth-order valence-electron chi connectivity index (χ4n) is 3.09. The van der Waals surface area contributed by atoms with Gasteiger partial charge in [-0.3, -0.25) is 4.90 Å². The van der Waals surface area contributed by atoms with Crippen LogP contribution in [0.5, 0.6) is 0 Å². The van der Waals surface area contributed by atoms with E-state index in [-0.39, 0.29) is 10.4 Å². The van der Waals surface area contributed by atoms with Crippen molar-refractivity contribution in [3.05, 3.63) is 64.7 Å². The number of hydrogen-bond acceptors (Lipinski definition) is 3. The van der Waals surface area contributed by atoms with Crippen LogP contribution in [-0.4, -0.2) is 31.9 Å². The number of nitrogens with one attached hydrogen (secondary N) is 1. The Labute approximate surface area is 154 Å². The first-order valence-electron chi connectivity index (χ1n) is 8.35. The summed E-state index contributed by atoms with van der Waals surface area (Å²) in [6.45, 7) is 6.26. The molecule has 0 aromatic heterocycles. The maximum absolute atomic E-state index is 12.5. The van der Waals surface area contributed by atoms with Crippen LogP contribution in [0.15, 0.2) is 53.4 Å². The van der Waals surface area contributed by atoms with Gasteiger partial charge in [0, 0.05) is 30.2 Å². The smallest absolute Gasteiger partial charge is 0.240 e. The maximum Gasteiger partial charge on any atom is 0.240 e. The molecule has 0 saturated heterocycles. The molecule has 0 fully saturated rings. The first-order valence-corrected chi connectivity index (χ1v) is 10.2. The Bertz CT molecular complexity index is 848. The third kappa shape index (κ3) is 4.23. The van der Waals surface area contributed by atoms with Crippen LogP contribution in [0.1, 0.15) is 25.0 Å². The normalized spacial score (nSPS) is 15.8. The molecule has 1 aliphatic rings. The van der Waals surface area contributed by atoms with Crippen molar-refractivity contribution in [3.63, 3.8) is 0 Å². The van der Waals surface area contributed by atoms with Crippen LogP contribution in [0.3, 0.4) is 0 Å². The summed E-state index contributed by atoms with van der Waals surface area (Å²) < 4.78 is 27.7. The Morgan fingerprint density at radius 3 is 2.40 bits per heavy atom. The van der Waals surface area contributed by atoms with E-state index < -0.39 is 10.0 Å². The summed E-state index contributed by atoms with van der Waals surface area (Å²) in [7, 11) is -3.54. The van der Waals surface area contributed by atoms with Crippen LogP contribution in [0.25, 0.3) is 0 Å². The zero-order chi connectivity index (χ0) is 18.1. The summed E-state index contributed by atoms with van der Waals surface area (Å²) >= 11 is 5.83. The first kappa shape index (κ1) is 18.4. The van der Waals surface area contributed by atoms with Gasteiger partial charge in [0.15, 0.2) is 0 Å². The molecule has 2 aromatic carbocycles. The maximum atomic E-state index is 12.5. The third-order valence-electron chi connectivity index (χ3n) is 4.81. The lowest BCUT2D eigenvalue weighted by atomic mass is 9.94. The lowest BCUT2D eigenvalue weighted by Crippen LogP contribution is -2.53. The number of rotatable bonds is 5. The molecule has 0 spiro atoms. The summed E-state index contributed by atoms with van der Waals surface area (Å²) in [5, 5.41) is 0.520. The molecule has 3 rings (SSSR count). The molecule has 1 N–H and O–H groups in total. The van der Waals surface area contributed by atoms with Crippen LogP contribution >= 0.6 is 11.6 Å². The molecule has 0 radical (unpaired) electrons. The standard InChI is InChI=1S/C19H23ClN2O2S/c1-19(2,22-12-11-15-5-3-4-6-16(15)13-22)14-21-25(23,24)18-9-7-17(20)8-10-18/h3-10,21H,11-14H2,1-2H3. The largest absolute Gasteiger partial charge is 0.292 e. The minimum Gasteiger partial charge on any atom is -0.292 e. The average molecular weight is 379 g/mol. The van der Waals surface area contributed by atoms with Gasteiger partial charge in [0.2, 0.25) is 10.0 Å². The van der Waals surface area contributed by atoms with Gasteiger partial charge in [0.1, 0.15) is 0 Å². The Balaban J connectivity index is 1.69. The van der Waals surface area contributed by atoms with Crippen LogP contribution in [0.4, 0.5) is 0 Å². The number of halogens is 1. The number of fused-ring (bicyclic) bond motifs is 1. The minimum atomic E-state index is -3.54. The highest BCUT2D eigenvalue weighted by Crippen LogP contribution is 2.25. The fourth-order valence-corrected chi connectivity index (χ4v) is 4.42. The van der Waals surface area contributed by atoms with Crippen LogP contribution in [0, 0.1) is 0 Å². The summed E-state index contributed by atoms with van der Waals surface area (Å²) in [6, 6.07) is 14.7. The second kappa shape index (κ2) is 7.08. The van der Waals surface area contributed by atoms with Gasteiger partial charge in [0.05, 0.1) is 4.90 Å². The summed E-state index contributed by atoms with van der Waals surface area (Å²) in [4.78, 5) is 2.57. The van der Waals surface area contributed by atoms with E-state index in [4.69, 9.17) is 11.6 Å². The number of hydrogen-bond donors (Lipinski definition) is 1. The van der Waals surface area contributed by atoms with Crippen LogP contribution in [-0.2, 0) is 23.0 Å². The van der Waals surface area contributed by atoms with Gasteiger partial charge in [-0.1, -0.05) is 35.9 Å². The SMILES string of the molecule is CC(C)(CNS(=O)(=O)c1ccc(Cl)cc1)N1CCc2ccccc2C1. The molecule has 0 atom stereocenters. The monoisotopic (exact) mass is 378 g/mol. The molecule has 2 aromatic rings. The van der Waals surface area contributed by atoms with Gasteiger partial charge in [-0.15, -0.1) is 0 Å². The molecule has 1 aliphatic heterocycles. The van der Waals surface area contributed by atoms with E-state index in [1.54, 1.807) is 12.1 Å². The highest BCUT2D eigenvalue weighted by molar-refractivity contribution is 7.89. The van der Waals surface area contributed by atoms with Crippen molar-refractivity contribution in [1.82, 2.24) is 9.62 Å². The van der Waals surface area contributed by atoms with Crippen LogP contribution in [0.2, 0.25) is 5.02 Å². The van der Waals surface area contributed by atoms with Gasteiger partial charge >= 0.3 is 0 Å². The molecule has 0 saturated carbocycles. The number of benzene rings is 2. The number of nitrogens with zero attached hydrogens (tertiary/aromatic N) is 1. The molecule has 25 heavy (non-hydrogen) atoms. The zero-order valence-corrected chi connectivity index (χ0v) is 16.1. The van der Waals surface area contributed by atoms with Gasteiger partial charge in [-0.05, 0) is 55.7 Å². The van der Waals surface area contributed by atoms with E-state index >= 15 is 0 Å². The van der Waals surface area contributed by atoms with E-state index in [0.29, 0.717) is 11.6 Å². The fraction of sp³-hybridized carbons (Fsp3) is 0.368. The van der Waals surface area contributed by atoms with Crippen molar-refractivity contribution in [1.29, 1.82) is 0 Å². The highest BCUT2D eigenvalue weighted by Gasteiger charge is 2.31. The molecule has 134 valence electrons. The van der Waals surface area contributed by atoms with E-state index in [9.17, 15) is 8.42 Å². The summed E-state index contributed by atoms with van der Waals surface area (Å²) in [5.74, 6) is 0. The number of sulfonamides is 1. The van der Waals surface area contributed by atoms with Gasteiger partial charge in [-0.25, -0.2) is 13.1 Å². The molecular formula is C19H23ClN2O2S. The lowest BCUT2D eigenvalue weighted by molar-refractivity contribution is 0.108. The quantitative estimate of drug-likeness (QED) is 0.866. The second-order valence-corrected chi connectivity index (χ2v) is 9.23. The van der Waals surface area contributed by atoms with E-state index in [1.165, 1.54) is 23.3 Å². The summed E-state index contributed by atoms with van der Waals surface area (Å²) in [5.41, 5.74) is 2.42. The zero-order valence-electron chi connectivity index (χ0n) is 14.5. The molecule has 0 bridgehead atoms. The average Bonchev–Trinajstić information content (AvgIpc) is 2.60. The Morgan fingerprint density at radius 2 is 1.72 bits per heavy atom. The second-order valence-electron chi connectivity index (χ2n) is 7.03. The Kier molecular flexibility index (Phi) is 5.21. The molecule has 1 heterocycles. The topological polar surface area (TPSA) is 49.4 Å². The van der Waals surface area contributed by atoms with Crippen molar-refractivity contribution in [2.45, 2.75) is 37.2 Å². The molecular weight excluding hydrogens is 356 g/mol. The highest BCUT2D eigenvalue weighted by atomic mass is 35.5.